The molecule has 1 atom stereocenters. The zero-order chi connectivity index (χ0) is 24.0. The van der Waals surface area contributed by atoms with Gasteiger partial charge in [0.1, 0.15) is 12.3 Å². The van der Waals surface area contributed by atoms with Gasteiger partial charge in [-0.25, -0.2) is 9.97 Å². The molecule has 12 heteroatoms. The van der Waals surface area contributed by atoms with Crippen LogP contribution in [0.3, 0.4) is 0 Å². The fourth-order valence-electron chi connectivity index (χ4n) is 3.82. The first-order valence-corrected chi connectivity index (χ1v) is 11.7. The summed E-state index contributed by atoms with van der Waals surface area (Å²) in [6.45, 7) is 4.45. The Kier molecular flexibility index (Phi) is 5.44. The van der Waals surface area contributed by atoms with Gasteiger partial charge in [-0.05, 0) is 55.6 Å². The first-order chi connectivity index (χ1) is 16.3. The molecule has 34 heavy (non-hydrogen) atoms. The highest BCUT2D eigenvalue weighted by molar-refractivity contribution is 7.35. The Bertz CT molecular complexity index is 1420. The number of alkyl halides is 3. The van der Waals surface area contributed by atoms with Crippen LogP contribution < -0.4 is 9.64 Å². The summed E-state index contributed by atoms with van der Waals surface area (Å²) in [4.78, 5) is 22.9. The molecule has 1 aliphatic heterocycles. The molecule has 0 N–H and O–H groups in total. The van der Waals surface area contributed by atoms with E-state index in [9.17, 15) is 18.0 Å². The summed E-state index contributed by atoms with van der Waals surface area (Å²) in [6, 6.07) is 10.9. The largest absolute Gasteiger partial charge is 0.474 e. The molecule has 4 aromatic rings. The quantitative estimate of drug-likeness (QED) is 0.401. The van der Waals surface area contributed by atoms with Gasteiger partial charge >= 0.3 is 6.18 Å². The Hall–Kier alpha value is -3.59. The van der Waals surface area contributed by atoms with E-state index in [2.05, 4.69) is 20.3 Å². The van der Waals surface area contributed by atoms with Crippen LogP contribution in [0.15, 0.2) is 42.5 Å². The van der Waals surface area contributed by atoms with E-state index in [-0.39, 0.29) is 25.8 Å². The molecule has 3 aromatic heterocycles. The Morgan fingerprint density at radius 1 is 1.06 bits per heavy atom. The van der Waals surface area contributed by atoms with Gasteiger partial charge in [0.15, 0.2) is 0 Å². The average molecular weight is 486 g/mol. The summed E-state index contributed by atoms with van der Waals surface area (Å²) >= 11 is 0. The van der Waals surface area contributed by atoms with Gasteiger partial charge < -0.3 is 9.64 Å². The molecule has 0 spiro atoms. The van der Waals surface area contributed by atoms with Gasteiger partial charge in [0.05, 0.1) is 23.3 Å². The highest BCUT2D eigenvalue weighted by atomic mass is 31.1. The normalized spacial score (nSPS) is 14.5. The van der Waals surface area contributed by atoms with Crippen molar-refractivity contribution in [2.24, 2.45) is 0 Å². The predicted molar refractivity (Wildman–Crippen MR) is 122 cm³/mol. The van der Waals surface area contributed by atoms with Crippen molar-refractivity contribution in [1.82, 2.24) is 24.7 Å². The van der Waals surface area contributed by atoms with Crippen LogP contribution in [0.1, 0.15) is 21.7 Å². The smallest absolute Gasteiger partial charge is 0.433 e. The lowest BCUT2D eigenvalue weighted by atomic mass is 10.0. The minimum atomic E-state index is -4.51. The van der Waals surface area contributed by atoms with Crippen LogP contribution in [0.5, 0.6) is 5.88 Å². The van der Waals surface area contributed by atoms with Crippen LogP contribution in [-0.2, 0) is 6.18 Å². The Morgan fingerprint density at radius 3 is 2.56 bits per heavy atom. The first-order valence-electron chi connectivity index (χ1n) is 10.3. The molecule has 8 nitrogen and oxygen atoms in total. The SMILES string of the molecule is CPn1nnc2c1OCCN(c1ccc(-c3ccc4nc(C(F)(F)F)ccc4n3)cc1C)C2=O. The number of fused-ring (bicyclic) bond motifs is 2. The van der Waals surface area contributed by atoms with Gasteiger partial charge in [-0.1, -0.05) is 11.3 Å². The second kappa shape index (κ2) is 8.32. The van der Waals surface area contributed by atoms with Gasteiger partial charge in [-0.3, -0.25) is 4.79 Å². The molecular weight excluding hydrogens is 468 g/mol. The third-order valence-electron chi connectivity index (χ3n) is 5.46. The fraction of sp³-hybridized carbons (Fsp3) is 0.227. The molecule has 1 unspecified atom stereocenters. The summed E-state index contributed by atoms with van der Waals surface area (Å²) in [6.07, 6.45) is -4.51. The second-order valence-electron chi connectivity index (χ2n) is 7.61. The van der Waals surface area contributed by atoms with E-state index in [4.69, 9.17) is 4.74 Å². The minimum Gasteiger partial charge on any atom is -0.474 e. The lowest BCUT2D eigenvalue weighted by Crippen LogP contribution is -2.33. The molecule has 0 saturated carbocycles. The summed E-state index contributed by atoms with van der Waals surface area (Å²) in [5, 5.41) is 7.99. The number of carbonyl (C=O) groups excluding carboxylic acids is 1. The van der Waals surface area contributed by atoms with Crippen LogP contribution in [0.2, 0.25) is 0 Å². The summed E-state index contributed by atoms with van der Waals surface area (Å²) < 4.78 is 46.1. The second-order valence-corrected chi connectivity index (χ2v) is 8.48. The predicted octanol–water partition coefficient (Wildman–Crippen LogP) is 4.33. The highest BCUT2D eigenvalue weighted by Crippen LogP contribution is 2.33. The molecule has 0 saturated heterocycles. The number of rotatable bonds is 3. The maximum atomic E-state index is 13.2. The van der Waals surface area contributed by atoms with E-state index in [1.54, 1.807) is 15.4 Å². The molecule has 5 rings (SSSR count). The summed E-state index contributed by atoms with van der Waals surface area (Å²) in [5.74, 6) is 0.0912. The number of aromatic nitrogens is 5. The van der Waals surface area contributed by atoms with Crippen molar-refractivity contribution < 1.29 is 22.7 Å². The summed E-state index contributed by atoms with van der Waals surface area (Å²) in [7, 11) is 0.288. The highest BCUT2D eigenvalue weighted by Gasteiger charge is 2.33. The van der Waals surface area contributed by atoms with E-state index in [0.29, 0.717) is 35.9 Å². The lowest BCUT2D eigenvalue weighted by molar-refractivity contribution is -0.140. The number of carbonyl (C=O) groups is 1. The van der Waals surface area contributed by atoms with Gasteiger partial charge in [0, 0.05) is 20.0 Å². The number of ether oxygens (including phenoxy) is 1. The van der Waals surface area contributed by atoms with Crippen LogP contribution in [0, 0.1) is 6.92 Å². The number of nitrogens with zero attached hydrogens (tertiary/aromatic N) is 6. The molecule has 0 fully saturated rings. The molecule has 1 amide bonds. The van der Waals surface area contributed by atoms with Crippen LogP contribution in [-0.4, -0.2) is 50.5 Å². The van der Waals surface area contributed by atoms with Crippen LogP contribution >= 0.6 is 8.73 Å². The maximum Gasteiger partial charge on any atom is 0.433 e. The Balaban J connectivity index is 1.47. The fourth-order valence-corrected chi connectivity index (χ4v) is 4.33. The third-order valence-corrected chi connectivity index (χ3v) is 6.17. The molecule has 1 aromatic carbocycles. The van der Waals surface area contributed by atoms with Crippen molar-refractivity contribution in [3.8, 4) is 17.1 Å². The minimum absolute atomic E-state index is 0.165. The maximum absolute atomic E-state index is 13.2. The lowest BCUT2D eigenvalue weighted by Gasteiger charge is -2.22. The number of aryl methyl sites for hydroxylation is 1. The van der Waals surface area contributed by atoms with Crippen molar-refractivity contribution in [1.29, 1.82) is 0 Å². The van der Waals surface area contributed by atoms with Crippen molar-refractivity contribution in [2.45, 2.75) is 13.1 Å². The van der Waals surface area contributed by atoms with Crippen LogP contribution in [0.4, 0.5) is 18.9 Å². The van der Waals surface area contributed by atoms with Crippen LogP contribution in [0.25, 0.3) is 22.3 Å². The van der Waals surface area contributed by atoms with Gasteiger partial charge in [-0.2, -0.15) is 17.6 Å². The van der Waals surface area contributed by atoms with E-state index in [0.717, 1.165) is 17.2 Å². The molecule has 1 aliphatic rings. The van der Waals surface area contributed by atoms with E-state index >= 15 is 0 Å². The monoisotopic (exact) mass is 486 g/mol. The van der Waals surface area contributed by atoms with Crippen molar-refractivity contribution in [2.75, 3.05) is 24.7 Å². The molecule has 174 valence electrons. The number of hydrogen-bond donors (Lipinski definition) is 0. The van der Waals surface area contributed by atoms with E-state index < -0.39 is 11.9 Å². The number of pyridine rings is 2. The number of hydrogen-bond acceptors (Lipinski definition) is 6. The molecular formula is C22H18F3N6O2P. The number of halogens is 3. The number of amides is 1. The van der Waals surface area contributed by atoms with Crippen molar-refractivity contribution in [3.05, 3.63) is 59.4 Å². The standard InChI is InChI=1S/C22H18F3N6O2P/c1-12-11-13(14-4-5-16-15(26-14)6-8-18(27-16)22(23,24)25)3-7-17(12)30-9-10-33-21-19(20(30)32)28-29-31(21)34-2/h3-8,11,34H,9-10H2,1-2H3. The Morgan fingerprint density at radius 2 is 1.82 bits per heavy atom. The zero-order valence-electron chi connectivity index (χ0n) is 18.1. The van der Waals surface area contributed by atoms with E-state index in [1.807, 2.05) is 31.8 Å². The average Bonchev–Trinajstić information content (AvgIpc) is 3.16. The molecule has 0 radical (unpaired) electrons. The topological polar surface area (TPSA) is 86.0 Å². The van der Waals surface area contributed by atoms with E-state index in [1.165, 1.54) is 12.1 Å². The Labute approximate surface area is 193 Å². The number of benzene rings is 1. The van der Waals surface area contributed by atoms with Gasteiger partial charge in [0.25, 0.3) is 5.91 Å². The number of anilines is 1. The molecule has 0 aliphatic carbocycles. The first kappa shape index (κ1) is 22.2. The van der Waals surface area contributed by atoms with Gasteiger partial charge in [0.2, 0.25) is 11.6 Å². The summed E-state index contributed by atoms with van der Waals surface area (Å²) in [5.41, 5.74) is 2.63. The molecule has 4 heterocycles. The zero-order valence-corrected chi connectivity index (χ0v) is 19.1. The third kappa shape index (κ3) is 3.86. The van der Waals surface area contributed by atoms with Gasteiger partial charge in [-0.15, -0.1) is 5.10 Å². The van der Waals surface area contributed by atoms with Crippen molar-refractivity contribution >= 4 is 31.4 Å². The molecule has 0 bridgehead atoms. The van der Waals surface area contributed by atoms with Crippen molar-refractivity contribution in [3.63, 3.8) is 0 Å².